The zero-order chi connectivity index (χ0) is 17.3. The van der Waals surface area contributed by atoms with E-state index < -0.39 is 11.8 Å². The second kappa shape index (κ2) is 6.25. The van der Waals surface area contributed by atoms with Gasteiger partial charge >= 0.3 is 0 Å². The third-order valence-electron chi connectivity index (χ3n) is 3.49. The second-order valence-corrected chi connectivity index (χ2v) is 5.69. The van der Waals surface area contributed by atoms with Gasteiger partial charge in [-0.15, -0.1) is 0 Å². The minimum atomic E-state index is -0.621. The first-order valence-electron chi connectivity index (χ1n) is 7.10. The van der Waals surface area contributed by atoms with E-state index in [1.165, 1.54) is 0 Å². The summed E-state index contributed by atoms with van der Waals surface area (Å²) < 4.78 is 5.75. The van der Waals surface area contributed by atoms with E-state index in [1.54, 1.807) is 42.5 Å². The Balaban J connectivity index is 2.00. The van der Waals surface area contributed by atoms with Crippen molar-refractivity contribution in [3.8, 4) is 11.5 Å². The van der Waals surface area contributed by atoms with Crippen LogP contribution in [0, 0.1) is 0 Å². The van der Waals surface area contributed by atoms with Crippen molar-refractivity contribution in [1.29, 1.82) is 0 Å². The second-order valence-electron chi connectivity index (χ2n) is 5.25. The van der Waals surface area contributed by atoms with Crippen LogP contribution >= 0.6 is 11.6 Å². The lowest BCUT2D eigenvalue weighted by Crippen LogP contribution is -2.18. The molecule has 0 aliphatic rings. The fourth-order valence-electron chi connectivity index (χ4n) is 2.52. The summed E-state index contributed by atoms with van der Waals surface area (Å²) in [5.74, 6) is 0.0103. The van der Waals surface area contributed by atoms with Crippen molar-refractivity contribution in [1.82, 2.24) is 4.98 Å². The van der Waals surface area contributed by atoms with Gasteiger partial charge in [0.2, 0.25) is 5.91 Å². The highest BCUT2D eigenvalue weighted by atomic mass is 35.5. The maximum Gasteiger partial charge on any atom is 0.251 e. The SMILES string of the molecule is NC(=O)Cc1[nH]c2cc(Oc3ccc(Cl)cc3)ccc2c1C(N)=O. The summed E-state index contributed by atoms with van der Waals surface area (Å²) in [5, 5.41) is 1.23. The number of aromatic amines is 1. The monoisotopic (exact) mass is 343 g/mol. The van der Waals surface area contributed by atoms with Gasteiger partial charge in [0, 0.05) is 22.2 Å². The molecule has 0 spiro atoms. The van der Waals surface area contributed by atoms with Gasteiger partial charge in [0.25, 0.3) is 5.91 Å². The third-order valence-corrected chi connectivity index (χ3v) is 3.75. The number of H-pyrrole nitrogens is 1. The number of carbonyl (C=O) groups excluding carboxylic acids is 2. The number of carbonyl (C=O) groups is 2. The molecule has 6 nitrogen and oxygen atoms in total. The van der Waals surface area contributed by atoms with Gasteiger partial charge in [-0.2, -0.15) is 0 Å². The molecule has 0 unspecified atom stereocenters. The van der Waals surface area contributed by atoms with E-state index in [1.807, 2.05) is 0 Å². The first-order valence-corrected chi connectivity index (χ1v) is 7.48. The summed E-state index contributed by atoms with van der Waals surface area (Å²) in [6.07, 6.45) is -0.0969. The lowest BCUT2D eigenvalue weighted by molar-refractivity contribution is -0.117. The molecule has 7 heteroatoms. The van der Waals surface area contributed by atoms with Crippen molar-refractivity contribution in [2.24, 2.45) is 11.5 Å². The van der Waals surface area contributed by atoms with Crippen LogP contribution in [0.15, 0.2) is 42.5 Å². The normalized spacial score (nSPS) is 10.7. The lowest BCUT2D eigenvalue weighted by atomic mass is 10.1. The van der Waals surface area contributed by atoms with Crippen LogP contribution in [0.1, 0.15) is 16.1 Å². The van der Waals surface area contributed by atoms with Crippen LogP contribution in [0.5, 0.6) is 11.5 Å². The highest BCUT2D eigenvalue weighted by Gasteiger charge is 2.18. The van der Waals surface area contributed by atoms with Crippen LogP contribution in [-0.2, 0) is 11.2 Å². The Morgan fingerprint density at radius 1 is 1.04 bits per heavy atom. The molecule has 0 radical (unpaired) electrons. The highest BCUT2D eigenvalue weighted by Crippen LogP contribution is 2.29. The number of rotatable bonds is 5. The number of fused-ring (bicyclic) bond motifs is 1. The Morgan fingerprint density at radius 2 is 1.71 bits per heavy atom. The smallest absolute Gasteiger partial charge is 0.251 e. The van der Waals surface area contributed by atoms with Gasteiger partial charge < -0.3 is 21.2 Å². The molecular formula is C17H14ClN3O3. The minimum absolute atomic E-state index is 0.0969. The van der Waals surface area contributed by atoms with E-state index in [2.05, 4.69) is 4.98 Å². The number of hydrogen-bond acceptors (Lipinski definition) is 3. The van der Waals surface area contributed by atoms with E-state index in [0.29, 0.717) is 33.1 Å². The first kappa shape index (κ1) is 15.9. The van der Waals surface area contributed by atoms with Crippen LogP contribution < -0.4 is 16.2 Å². The maximum atomic E-state index is 11.7. The third kappa shape index (κ3) is 3.18. The molecule has 24 heavy (non-hydrogen) atoms. The summed E-state index contributed by atoms with van der Waals surface area (Å²) in [6, 6.07) is 12.1. The molecule has 3 rings (SSSR count). The Labute approximate surface area is 142 Å². The first-order chi connectivity index (χ1) is 11.4. The number of primary amides is 2. The van der Waals surface area contributed by atoms with Crippen LogP contribution in [0.3, 0.4) is 0 Å². The van der Waals surface area contributed by atoms with Crippen LogP contribution in [0.2, 0.25) is 5.02 Å². The fourth-order valence-corrected chi connectivity index (χ4v) is 2.65. The van der Waals surface area contributed by atoms with Crippen LogP contribution in [0.25, 0.3) is 10.9 Å². The molecule has 0 bridgehead atoms. The fraction of sp³-hybridized carbons (Fsp3) is 0.0588. The molecule has 0 saturated heterocycles. The molecule has 1 aromatic heterocycles. The minimum Gasteiger partial charge on any atom is -0.457 e. The van der Waals surface area contributed by atoms with Crippen molar-refractivity contribution in [2.75, 3.05) is 0 Å². The number of amides is 2. The van der Waals surface area contributed by atoms with Crippen molar-refractivity contribution in [3.63, 3.8) is 0 Å². The van der Waals surface area contributed by atoms with E-state index in [9.17, 15) is 9.59 Å². The van der Waals surface area contributed by atoms with Crippen LogP contribution in [0.4, 0.5) is 0 Å². The van der Waals surface area contributed by atoms with E-state index in [4.69, 9.17) is 27.8 Å². The molecule has 3 aromatic rings. The van der Waals surface area contributed by atoms with Gasteiger partial charge in [0.1, 0.15) is 11.5 Å². The number of ether oxygens (including phenoxy) is 1. The Kier molecular flexibility index (Phi) is 4.14. The molecule has 0 atom stereocenters. The zero-order valence-electron chi connectivity index (χ0n) is 12.5. The molecule has 0 saturated carbocycles. The Morgan fingerprint density at radius 3 is 2.33 bits per heavy atom. The Hall–Kier alpha value is -2.99. The number of aromatic nitrogens is 1. The molecule has 122 valence electrons. The number of hydrogen-bond donors (Lipinski definition) is 3. The van der Waals surface area contributed by atoms with E-state index >= 15 is 0 Å². The molecule has 5 N–H and O–H groups in total. The summed E-state index contributed by atoms with van der Waals surface area (Å²) >= 11 is 5.84. The maximum absolute atomic E-state index is 11.7. The van der Waals surface area contributed by atoms with Gasteiger partial charge in [0.15, 0.2) is 0 Å². The van der Waals surface area contributed by atoms with Crippen molar-refractivity contribution < 1.29 is 14.3 Å². The quantitative estimate of drug-likeness (QED) is 0.662. The van der Waals surface area contributed by atoms with E-state index in [0.717, 1.165) is 0 Å². The Bertz CT molecular complexity index is 932. The van der Waals surface area contributed by atoms with Gasteiger partial charge in [-0.3, -0.25) is 9.59 Å². The summed E-state index contributed by atoms with van der Waals surface area (Å²) in [5.41, 5.74) is 11.9. The molecule has 1 heterocycles. The van der Waals surface area contributed by atoms with E-state index in [-0.39, 0.29) is 12.0 Å². The highest BCUT2D eigenvalue weighted by molar-refractivity contribution is 6.30. The van der Waals surface area contributed by atoms with Gasteiger partial charge in [-0.1, -0.05) is 11.6 Å². The largest absolute Gasteiger partial charge is 0.457 e. The predicted octanol–water partition coefficient (Wildman–Crippen LogP) is 2.74. The molecule has 0 aliphatic heterocycles. The molecule has 0 aliphatic carbocycles. The molecule has 2 amide bonds. The van der Waals surface area contributed by atoms with Gasteiger partial charge in [-0.25, -0.2) is 0 Å². The summed E-state index contributed by atoms with van der Waals surface area (Å²) in [6.45, 7) is 0. The summed E-state index contributed by atoms with van der Waals surface area (Å²) in [7, 11) is 0. The van der Waals surface area contributed by atoms with Crippen LogP contribution in [-0.4, -0.2) is 16.8 Å². The number of halogens is 1. The molecular weight excluding hydrogens is 330 g/mol. The summed E-state index contributed by atoms with van der Waals surface area (Å²) in [4.78, 5) is 25.9. The number of nitrogens with two attached hydrogens (primary N) is 2. The lowest BCUT2D eigenvalue weighted by Gasteiger charge is -2.05. The van der Waals surface area contributed by atoms with Crippen molar-refractivity contribution in [2.45, 2.75) is 6.42 Å². The zero-order valence-corrected chi connectivity index (χ0v) is 13.3. The molecule has 0 fully saturated rings. The number of benzene rings is 2. The topological polar surface area (TPSA) is 111 Å². The standard InChI is InChI=1S/C17H14ClN3O3/c18-9-1-3-10(4-2-9)24-11-5-6-12-13(7-11)21-14(8-15(19)22)16(12)17(20)23/h1-7,21H,8H2,(H2,19,22)(H2,20,23). The average molecular weight is 344 g/mol. The van der Waals surface area contributed by atoms with Crippen molar-refractivity contribution in [3.05, 3.63) is 58.7 Å². The van der Waals surface area contributed by atoms with Gasteiger partial charge in [-0.05, 0) is 36.4 Å². The predicted molar refractivity (Wildman–Crippen MR) is 91.2 cm³/mol. The van der Waals surface area contributed by atoms with Gasteiger partial charge in [0.05, 0.1) is 17.5 Å². The van der Waals surface area contributed by atoms with Crippen molar-refractivity contribution >= 4 is 34.3 Å². The molecule has 2 aromatic carbocycles. The average Bonchev–Trinajstić information content (AvgIpc) is 2.86. The number of nitrogens with one attached hydrogen (secondary N) is 1.